The van der Waals surface area contributed by atoms with Crippen molar-refractivity contribution in [3.05, 3.63) is 34.9 Å². The maximum Gasteiger partial charge on any atom is 0.211 e. The van der Waals surface area contributed by atoms with Crippen LogP contribution >= 0.6 is 23.2 Å². The van der Waals surface area contributed by atoms with Crippen LogP contribution in [0.1, 0.15) is 12.0 Å². The second-order valence-electron chi connectivity index (χ2n) is 3.63. The number of hydrogen-bond donors (Lipinski definition) is 1. The Hall–Kier alpha value is -0.290. The van der Waals surface area contributed by atoms with E-state index < -0.39 is 10.0 Å². The zero-order valence-electron chi connectivity index (χ0n) is 9.33. The molecule has 0 aromatic heterocycles. The van der Waals surface area contributed by atoms with Gasteiger partial charge < -0.3 is 0 Å². The molecule has 0 heterocycles. The lowest BCUT2D eigenvalue weighted by atomic mass is 10.2. The summed E-state index contributed by atoms with van der Waals surface area (Å²) in [6.45, 7) is 0.395. The number of nitrogens with one attached hydrogen (secondary N) is 1. The van der Waals surface area contributed by atoms with E-state index in [1.54, 1.807) is 12.1 Å². The predicted octanol–water partition coefficient (Wildman–Crippen LogP) is 2.43. The molecule has 0 saturated heterocycles. The van der Waals surface area contributed by atoms with E-state index in [0.717, 1.165) is 5.56 Å². The van der Waals surface area contributed by atoms with Gasteiger partial charge in [-0.2, -0.15) is 0 Å². The van der Waals surface area contributed by atoms with Crippen LogP contribution in [0.2, 0.25) is 5.02 Å². The fourth-order valence-corrected chi connectivity index (χ4v) is 2.82. The highest BCUT2D eigenvalue weighted by Crippen LogP contribution is 2.09. The Balaban J connectivity index is 2.34. The highest BCUT2D eigenvalue weighted by atomic mass is 35.5. The van der Waals surface area contributed by atoms with Gasteiger partial charge in [-0.15, -0.1) is 11.6 Å². The SMILES string of the molecule is O=S(=O)(CCCCl)NCCc1ccc(Cl)cc1. The van der Waals surface area contributed by atoms with Crippen LogP contribution in [0.3, 0.4) is 0 Å². The maximum atomic E-state index is 11.4. The molecule has 0 aliphatic rings. The minimum atomic E-state index is -3.18. The van der Waals surface area contributed by atoms with Crippen LogP contribution in [0.4, 0.5) is 0 Å². The van der Waals surface area contributed by atoms with Gasteiger partial charge in [-0.3, -0.25) is 0 Å². The topological polar surface area (TPSA) is 46.2 Å². The molecule has 0 fully saturated rings. The van der Waals surface area contributed by atoms with E-state index in [9.17, 15) is 8.42 Å². The first-order valence-corrected chi connectivity index (χ1v) is 7.88. The average Bonchev–Trinajstić information content (AvgIpc) is 2.29. The molecule has 0 spiro atoms. The largest absolute Gasteiger partial charge is 0.215 e. The fourth-order valence-electron chi connectivity index (χ4n) is 1.32. The summed E-state index contributed by atoms with van der Waals surface area (Å²) >= 11 is 11.2. The summed E-state index contributed by atoms with van der Waals surface area (Å²) in [5.41, 5.74) is 1.05. The second-order valence-corrected chi connectivity index (χ2v) is 6.37. The third kappa shape index (κ3) is 6.27. The third-order valence-corrected chi connectivity index (χ3v) is 4.18. The van der Waals surface area contributed by atoms with E-state index in [2.05, 4.69) is 4.72 Å². The van der Waals surface area contributed by atoms with Gasteiger partial charge in [0.25, 0.3) is 0 Å². The van der Waals surface area contributed by atoms with Gasteiger partial charge in [-0.1, -0.05) is 23.7 Å². The van der Waals surface area contributed by atoms with Gasteiger partial charge >= 0.3 is 0 Å². The van der Waals surface area contributed by atoms with E-state index in [4.69, 9.17) is 23.2 Å². The van der Waals surface area contributed by atoms with Crippen LogP contribution in [0, 0.1) is 0 Å². The van der Waals surface area contributed by atoms with Gasteiger partial charge in [0.1, 0.15) is 0 Å². The lowest BCUT2D eigenvalue weighted by Gasteiger charge is -2.05. The van der Waals surface area contributed by atoms with Gasteiger partial charge in [0.15, 0.2) is 0 Å². The number of sulfonamides is 1. The Bertz CT molecular complexity index is 431. The monoisotopic (exact) mass is 295 g/mol. The van der Waals surface area contributed by atoms with Crippen LogP contribution in [0.25, 0.3) is 0 Å². The summed E-state index contributed by atoms with van der Waals surface area (Å²) in [5, 5.41) is 0.677. The lowest BCUT2D eigenvalue weighted by molar-refractivity contribution is 0.580. The Labute approximate surface area is 112 Å². The summed E-state index contributed by atoms with van der Waals surface area (Å²) < 4.78 is 25.4. The predicted molar refractivity (Wildman–Crippen MR) is 72.3 cm³/mol. The van der Waals surface area contributed by atoms with Crippen molar-refractivity contribution < 1.29 is 8.42 Å². The number of alkyl halides is 1. The first kappa shape index (κ1) is 14.8. The average molecular weight is 296 g/mol. The number of halogens is 2. The number of benzene rings is 1. The molecule has 0 aliphatic carbocycles. The van der Waals surface area contributed by atoms with Crippen molar-refractivity contribution in [3.63, 3.8) is 0 Å². The zero-order valence-corrected chi connectivity index (χ0v) is 11.7. The quantitative estimate of drug-likeness (QED) is 0.786. The molecule has 1 aromatic rings. The molecule has 6 heteroatoms. The molecule has 0 bridgehead atoms. The third-order valence-electron chi connectivity index (χ3n) is 2.20. The summed E-state index contributed by atoms with van der Waals surface area (Å²) in [6, 6.07) is 7.35. The molecular formula is C11H15Cl2NO2S. The van der Waals surface area contributed by atoms with Gasteiger partial charge in [0.2, 0.25) is 10.0 Å². The molecule has 0 amide bonds. The summed E-state index contributed by atoms with van der Waals surface area (Å²) in [6.07, 6.45) is 1.12. The normalized spacial score (nSPS) is 11.6. The van der Waals surface area contributed by atoms with E-state index in [0.29, 0.717) is 30.3 Å². The molecule has 0 atom stereocenters. The zero-order chi connectivity index (χ0) is 12.7. The van der Waals surface area contributed by atoms with Crippen LogP contribution in [0.15, 0.2) is 24.3 Å². The molecule has 0 aliphatic heterocycles. The number of hydrogen-bond acceptors (Lipinski definition) is 2. The number of rotatable bonds is 7. The van der Waals surface area contributed by atoms with Crippen molar-refractivity contribution in [2.75, 3.05) is 18.2 Å². The molecule has 17 heavy (non-hydrogen) atoms. The molecular weight excluding hydrogens is 281 g/mol. The highest BCUT2D eigenvalue weighted by Gasteiger charge is 2.08. The van der Waals surface area contributed by atoms with Crippen molar-refractivity contribution in [1.82, 2.24) is 4.72 Å². The molecule has 0 unspecified atom stereocenters. The highest BCUT2D eigenvalue weighted by molar-refractivity contribution is 7.89. The van der Waals surface area contributed by atoms with Crippen molar-refractivity contribution in [3.8, 4) is 0 Å². The molecule has 1 N–H and O–H groups in total. The fraction of sp³-hybridized carbons (Fsp3) is 0.455. The van der Waals surface area contributed by atoms with Crippen molar-refractivity contribution in [1.29, 1.82) is 0 Å². The van der Waals surface area contributed by atoms with E-state index in [1.807, 2.05) is 12.1 Å². The Morgan fingerprint density at radius 1 is 1.18 bits per heavy atom. The molecule has 1 rings (SSSR count). The molecule has 96 valence electrons. The van der Waals surface area contributed by atoms with Crippen LogP contribution in [-0.4, -0.2) is 26.6 Å². The molecule has 0 radical (unpaired) electrons. The maximum absolute atomic E-state index is 11.4. The van der Waals surface area contributed by atoms with Gasteiger partial charge in [0, 0.05) is 17.4 Å². The molecule has 1 aromatic carbocycles. The van der Waals surface area contributed by atoms with Crippen molar-refractivity contribution in [2.45, 2.75) is 12.8 Å². The summed E-state index contributed by atoms with van der Waals surface area (Å²) in [5.74, 6) is 0.440. The van der Waals surface area contributed by atoms with E-state index in [-0.39, 0.29) is 5.75 Å². The lowest BCUT2D eigenvalue weighted by Crippen LogP contribution is -2.28. The van der Waals surface area contributed by atoms with Gasteiger partial charge in [-0.25, -0.2) is 13.1 Å². The minimum absolute atomic E-state index is 0.0805. The smallest absolute Gasteiger partial charge is 0.211 e. The second kappa shape index (κ2) is 7.21. The Kier molecular flexibility index (Phi) is 6.27. The van der Waals surface area contributed by atoms with Crippen molar-refractivity contribution >= 4 is 33.2 Å². The van der Waals surface area contributed by atoms with Crippen molar-refractivity contribution in [2.24, 2.45) is 0 Å². The minimum Gasteiger partial charge on any atom is -0.215 e. The first-order valence-electron chi connectivity index (χ1n) is 5.31. The summed E-state index contributed by atoms with van der Waals surface area (Å²) in [7, 11) is -3.18. The van der Waals surface area contributed by atoms with Crippen LogP contribution in [0.5, 0.6) is 0 Å². The first-order chi connectivity index (χ1) is 8.03. The standard InChI is InChI=1S/C11H15Cl2NO2S/c12-7-1-9-17(15,16)14-8-6-10-2-4-11(13)5-3-10/h2-5,14H,1,6-9H2. The van der Waals surface area contributed by atoms with Crippen LogP contribution < -0.4 is 4.72 Å². The van der Waals surface area contributed by atoms with E-state index in [1.165, 1.54) is 0 Å². The van der Waals surface area contributed by atoms with Crippen LogP contribution in [-0.2, 0) is 16.4 Å². The van der Waals surface area contributed by atoms with Gasteiger partial charge in [0.05, 0.1) is 5.75 Å². The Morgan fingerprint density at radius 3 is 2.41 bits per heavy atom. The molecule has 3 nitrogen and oxygen atoms in total. The summed E-state index contributed by atoms with van der Waals surface area (Å²) in [4.78, 5) is 0. The Morgan fingerprint density at radius 2 is 1.82 bits per heavy atom. The van der Waals surface area contributed by atoms with E-state index >= 15 is 0 Å². The molecule has 0 saturated carbocycles. The van der Waals surface area contributed by atoms with Gasteiger partial charge in [-0.05, 0) is 30.5 Å².